The Morgan fingerprint density at radius 1 is 0.935 bits per heavy atom. The zero-order valence-corrected chi connectivity index (χ0v) is 27.2. The first-order valence-electron chi connectivity index (χ1n) is 16.0. The highest BCUT2D eigenvalue weighted by Gasteiger charge is 2.36. The molecule has 0 radical (unpaired) electrons. The van der Waals surface area contributed by atoms with Crippen molar-refractivity contribution in [1.29, 1.82) is 0 Å². The third-order valence-corrected chi connectivity index (χ3v) is 8.72. The number of carbonyl (C=O) groups is 4. The van der Waals surface area contributed by atoms with Crippen LogP contribution in [0.1, 0.15) is 70.3 Å². The standard InChI is InChI=1S/C36H44N6O4/c1-22(2)31-33(44)39-30(21-24-10-7-6-8-11-24)34(45)42-19-9-12-28(41-42)32(43)37-23(3)27-16-15-26-14-13-25(20-29(26)38-27)17-18-36(4,5)35(46)40-31/h6-8,10-11,13-18,20,22-23,28,30-31,41H,9,12,19,21H2,1-5H3,(H,37,43)(H,39,44)(H,40,46)/b18-17+/t23-,28+,30+,31+/m1/s1. The van der Waals surface area contributed by atoms with Gasteiger partial charge in [0.2, 0.25) is 17.7 Å². The molecule has 5 rings (SSSR count). The summed E-state index contributed by atoms with van der Waals surface area (Å²) in [7, 11) is 0. The Morgan fingerprint density at radius 3 is 2.41 bits per heavy atom. The van der Waals surface area contributed by atoms with E-state index in [2.05, 4.69) is 21.4 Å². The van der Waals surface area contributed by atoms with Crippen molar-refractivity contribution >= 4 is 40.6 Å². The fraction of sp³-hybridized carbons (Fsp3) is 0.417. The number of amides is 4. The van der Waals surface area contributed by atoms with E-state index in [0.29, 0.717) is 25.1 Å². The Balaban J connectivity index is 1.52. The molecule has 2 aliphatic rings. The van der Waals surface area contributed by atoms with Gasteiger partial charge in [-0.05, 0) is 62.8 Å². The molecule has 10 heteroatoms. The van der Waals surface area contributed by atoms with Crippen LogP contribution in [0.5, 0.6) is 0 Å². The van der Waals surface area contributed by atoms with E-state index < -0.39 is 29.4 Å². The minimum Gasteiger partial charge on any atom is -0.347 e. The van der Waals surface area contributed by atoms with E-state index in [1.54, 1.807) is 13.8 Å². The quantitative estimate of drug-likeness (QED) is 0.350. The van der Waals surface area contributed by atoms with Crippen LogP contribution in [0.15, 0.2) is 66.7 Å². The monoisotopic (exact) mass is 624 g/mol. The van der Waals surface area contributed by atoms with E-state index in [4.69, 9.17) is 4.98 Å². The summed E-state index contributed by atoms with van der Waals surface area (Å²) in [5, 5.41) is 11.3. The maximum atomic E-state index is 14.0. The number of aromatic nitrogens is 1. The van der Waals surface area contributed by atoms with Crippen LogP contribution < -0.4 is 21.4 Å². The molecule has 0 aliphatic carbocycles. The number of hydrogen-bond acceptors (Lipinski definition) is 6. The molecule has 2 aliphatic heterocycles. The van der Waals surface area contributed by atoms with Crippen molar-refractivity contribution in [2.75, 3.05) is 6.54 Å². The molecular weight excluding hydrogens is 580 g/mol. The Labute approximate surface area is 270 Å². The highest BCUT2D eigenvalue weighted by molar-refractivity contribution is 5.94. The number of hydrogen-bond donors (Lipinski definition) is 4. The van der Waals surface area contributed by atoms with Gasteiger partial charge in [0.1, 0.15) is 18.1 Å². The summed E-state index contributed by atoms with van der Waals surface area (Å²) in [5.41, 5.74) is 5.39. The van der Waals surface area contributed by atoms with Gasteiger partial charge < -0.3 is 16.0 Å². The Bertz CT molecular complexity index is 1640. The van der Waals surface area contributed by atoms with Gasteiger partial charge in [-0.2, -0.15) is 0 Å². The maximum absolute atomic E-state index is 14.0. The van der Waals surface area contributed by atoms with Gasteiger partial charge >= 0.3 is 0 Å². The van der Waals surface area contributed by atoms with E-state index in [0.717, 1.165) is 22.0 Å². The summed E-state index contributed by atoms with van der Waals surface area (Å²) in [6.45, 7) is 9.58. The molecule has 0 unspecified atom stereocenters. The van der Waals surface area contributed by atoms with Crippen molar-refractivity contribution in [3.05, 3.63) is 83.6 Å². The van der Waals surface area contributed by atoms with E-state index in [-0.39, 0.29) is 36.1 Å². The third kappa shape index (κ3) is 7.62. The molecule has 4 atom stereocenters. The van der Waals surface area contributed by atoms with Gasteiger partial charge in [-0.25, -0.2) is 5.43 Å². The van der Waals surface area contributed by atoms with E-state index in [1.165, 1.54) is 5.01 Å². The lowest BCUT2D eigenvalue weighted by Crippen LogP contribution is -2.63. The second-order valence-corrected chi connectivity index (χ2v) is 13.2. The minimum atomic E-state index is -0.943. The molecular formula is C36H44N6O4. The van der Waals surface area contributed by atoms with Gasteiger partial charge in [-0.1, -0.05) is 74.5 Å². The highest BCUT2D eigenvalue weighted by atomic mass is 16.2. The fourth-order valence-corrected chi connectivity index (χ4v) is 5.76. The van der Waals surface area contributed by atoms with Crippen molar-refractivity contribution in [3.8, 4) is 0 Å². The van der Waals surface area contributed by atoms with Gasteiger partial charge in [0.25, 0.3) is 5.91 Å². The summed E-state index contributed by atoms with van der Waals surface area (Å²) >= 11 is 0. The number of benzene rings is 2. The first kappa shape index (κ1) is 32.8. The number of nitrogens with zero attached hydrogens (tertiary/aromatic N) is 2. The number of rotatable bonds is 3. The Kier molecular flexibility index (Phi) is 9.86. The molecule has 46 heavy (non-hydrogen) atoms. The van der Waals surface area contributed by atoms with Crippen molar-refractivity contribution in [2.45, 2.75) is 78.0 Å². The third-order valence-electron chi connectivity index (χ3n) is 8.72. The zero-order valence-electron chi connectivity index (χ0n) is 27.2. The first-order chi connectivity index (χ1) is 21.9. The van der Waals surface area contributed by atoms with Crippen LogP contribution in [0.2, 0.25) is 0 Å². The average Bonchev–Trinajstić information content (AvgIpc) is 3.05. The average molecular weight is 625 g/mol. The van der Waals surface area contributed by atoms with Crippen LogP contribution >= 0.6 is 0 Å². The molecule has 4 amide bonds. The van der Waals surface area contributed by atoms with Gasteiger partial charge in [0, 0.05) is 18.4 Å². The SMILES string of the molecule is CC(C)[C@@H]1NC(=O)C(C)(C)/C=C/c2ccc3ccc(nc3c2)[C@@H](C)NC(=O)[C@@H]2CCCN(N2)C(=O)[C@H](Cc2ccccc2)NC1=O. The number of carbonyl (C=O) groups excluding carboxylic acids is 4. The molecule has 0 spiro atoms. The topological polar surface area (TPSA) is 133 Å². The van der Waals surface area contributed by atoms with E-state index in [9.17, 15) is 19.2 Å². The smallest absolute Gasteiger partial charge is 0.259 e. The number of pyridine rings is 1. The summed E-state index contributed by atoms with van der Waals surface area (Å²) in [4.78, 5) is 59.7. The van der Waals surface area contributed by atoms with Crippen LogP contribution in [0.4, 0.5) is 0 Å². The molecule has 2 aromatic carbocycles. The number of fused-ring (bicyclic) bond motifs is 4. The molecule has 1 fully saturated rings. The predicted octanol–water partition coefficient (Wildman–Crippen LogP) is 3.83. The molecule has 1 aromatic heterocycles. The number of hydrazine groups is 1. The summed E-state index contributed by atoms with van der Waals surface area (Å²) in [6.07, 6.45) is 5.10. The summed E-state index contributed by atoms with van der Waals surface area (Å²) in [5.74, 6) is -1.59. The second-order valence-electron chi connectivity index (χ2n) is 13.2. The molecule has 3 aromatic rings. The lowest BCUT2D eigenvalue weighted by atomic mass is 9.89. The van der Waals surface area contributed by atoms with Crippen LogP contribution in [0.25, 0.3) is 17.0 Å². The van der Waals surface area contributed by atoms with Crippen LogP contribution in [0, 0.1) is 11.3 Å². The molecule has 0 saturated carbocycles. The van der Waals surface area contributed by atoms with Crippen LogP contribution in [0.3, 0.4) is 0 Å². The molecule has 3 heterocycles. The predicted molar refractivity (Wildman–Crippen MR) is 178 cm³/mol. The molecule has 242 valence electrons. The lowest BCUT2D eigenvalue weighted by Gasteiger charge is -2.36. The van der Waals surface area contributed by atoms with Crippen molar-refractivity contribution in [1.82, 2.24) is 31.4 Å². The zero-order chi connectivity index (χ0) is 33.0. The number of nitrogens with one attached hydrogen (secondary N) is 4. The van der Waals surface area contributed by atoms with Crippen molar-refractivity contribution in [2.24, 2.45) is 11.3 Å². The van der Waals surface area contributed by atoms with E-state index in [1.807, 2.05) is 93.6 Å². The van der Waals surface area contributed by atoms with Gasteiger partial charge in [-0.3, -0.25) is 29.2 Å². The van der Waals surface area contributed by atoms with Gasteiger partial charge in [-0.15, -0.1) is 0 Å². The fourth-order valence-electron chi connectivity index (χ4n) is 5.76. The Morgan fingerprint density at radius 2 is 1.67 bits per heavy atom. The van der Waals surface area contributed by atoms with Gasteiger partial charge in [0.15, 0.2) is 0 Å². The Hall–Kier alpha value is -4.57. The van der Waals surface area contributed by atoms with Crippen molar-refractivity contribution < 1.29 is 19.2 Å². The maximum Gasteiger partial charge on any atom is 0.259 e. The van der Waals surface area contributed by atoms with E-state index >= 15 is 0 Å². The minimum absolute atomic E-state index is 0.233. The lowest BCUT2D eigenvalue weighted by molar-refractivity contribution is -0.144. The second kappa shape index (κ2) is 13.8. The highest BCUT2D eigenvalue weighted by Crippen LogP contribution is 2.24. The first-order valence-corrected chi connectivity index (χ1v) is 16.0. The summed E-state index contributed by atoms with van der Waals surface area (Å²) in [6, 6.07) is 16.4. The van der Waals surface area contributed by atoms with Crippen LogP contribution in [-0.4, -0.2) is 58.3 Å². The molecule has 5 bridgehead atoms. The normalized spacial score (nSPS) is 25.1. The van der Waals surface area contributed by atoms with Crippen molar-refractivity contribution in [3.63, 3.8) is 0 Å². The molecule has 1 saturated heterocycles. The van der Waals surface area contributed by atoms with Gasteiger partial charge in [0.05, 0.1) is 22.7 Å². The van der Waals surface area contributed by atoms with Crippen LogP contribution in [-0.2, 0) is 25.6 Å². The molecule has 4 N–H and O–H groups in total. The molecule has 10 nitrogen and oxygen atoms in total. The summed E-state index contributed by atoms with van der Waals surface area (Å²) < 4.78 is 0. The largest absolute Gasteiger partial charge is 0.347 e.